The molecule has 1 heterocycles. The Hall–Kier alpha value is -5.19. The minimum atomic E-state index is -0.269. The molecule has 7 nitrogen and oxygen atoms in total. The summed E-state index contributed by atoms with van der Waals surface area (Å²) < 4.78 is 0. The standard InChI is InChI=1S/C33H29N5O2/c1-38(2)21-22-11-14-27(15-12-22)36-31(25-9-4-3-5-10-25)30-28-18-26(13-16-29(28)37-33(30)40)32(39)35-20-24-8-6-7-23(17-24)19-34/h3-18,36H,20-21H2,1-2H3,(H,35,39)(H,37,40)/b31-30-. The van der Waals surface area contributed by atoms with Gasteiger partial charge in [-0.2, -0.15) is 5.26 Å². The molecule has 0 bridgehead atoms. The zero-order chi connectivity index (χ0) is 28.1. The fourth-order valence-electron chi connectivity index (χ4n) is 4.68. The first kappa shape index (κ1) is 26.4. The quantitative estimate of drug-likeness (QED) is 0.264. The van der Waals surface area contributed by atoms with E-state index in [4.69, 9.17) is 5.26 Å². The second kappa shape index (κ2) is 11.7. The lowest BCUT2D eigenvalue weighted by atomic mass is 9.98. The van der Waals surface area contributed by atoms with E-state index in [0.717, 1.165) is 23.4 Å². The van der Waals surface area contributed by atoms with Crippen molar-refractivity contribution in [3.63, 3.8) is 0 Å². The third kappa shape index (κ3) is 5.93. The number of nitrogens with one attached hydrogen (secondary N) is 3. The molecular weight excluding hydrogens is 498 g/mol. The summed E-state index contributed by atoms with van der Waals surface area (Å²) in [6, 6.07) is 32.2. The summed E-state index contributed by atoms with van der Waals surface area (Å²) >= 11 is 0. The number of nitrogens with zero attached hydrogens (tertiary/aromatic N) is 2. The minimum Gasteiger partial charge on any atom is -0.354 e. The summed E-state index contributed by atoms with van der Waals surface area (Å²) in [5.74, 6) is -0.508. The molecule has 1 aliphatic heterocycles. The molecule has 0 spiro atoms. The van der Waals surface area contributed by atoms with E-state index in [9.17, 15) is 9.59 Å². The molecule has 0 aliphatic carbocycles. The fraction of sp³-hybridized carbons (Fsp3) is 0.121. The first-order valence-corrected chi connectivity index (χ1v) is 12.9. The van der Waals surface area contributed by atoms with E-state index >= 15 is 0 Å². The SMILES string of the molecule is CN(C)Cc1ccc(N/C(=C2\C(=O)Nc3ccc(C(=O)NCc4cccc(C#N)c4)cc32)c2ccccc2)cc1. The summed E-state index contributed by atoms with van der Waals surface area (Å²) in [4.78, 5) is 28.5. The van der Waals surface area contributed by atoms with Crippen molar-refractivity contribution in [3.05, 3.63) is 130 Å². The van der Waals surface area contributed by atoms with Gasteiger partial charge in [-0.1, -0.05) is 54.6 Å². The van der Waals surface area contributed by atoms with Crippen LogP contribution in [0.25, 0.3) is 11.3 Å². The molecule has 40 heavy (non-hydrogen) atoms. The molecule has 7 heteroatoms. The second-order valence-corrected chi connectivity index (χ2v) is 9.89. The Kier molecular flexibility index (Phi) is 7.72. The van der Waals surface area contributed by atoms with Crippen molar-refractivity contribution in [2.75, 3.05) is 24.7 Å². The van der Waals surface area contributed by atoms with Gasteiger partial charge in [0.2, 0.25) is 0 Å². The lowest BCUT2D eigenvalue weighted by Crippen LogP contribution is -2.22. The third-order valence-corrected chi connectivity index (χ3v) is 6.57. The van der Waals surface area contributed by atoms with E-state index in [2.05, 4.69) is 39.1 Å². The smallest absolute Gasteiger partial charge is 0.258 e. The van der Waals surface area contributed by atoms with Gasteiger partial charge in [-0.3, -0.25) is 9.59 Å². The summed E-state index contributed by atoms with van der Waals surface area (Å²) in [5.41, 5.74) is 7.12. The van der Waals surface area contributed by atoms with E-state index in [-0.39, 0.29) is 18.4 Å². The Morgan fingerprint density at radius 2 is 1.65 bits per heavy atom. The number of rotatable bonds is 8. The molecule has 0 saturated heterocycles. The molecule has 198 valence electrons. The number of carbonyl (C=O) groups is 2. The Morgan fingerprint density at radius 3 is 2.38 bits per heavy atom. The summed E-state index contributed by atoms with van der Waals surface area (Å²) in [5, 5.41) is 18.5. The zero-order valence-electron chi connectivity index (χ0n) is 22.4. The molecule has 2 amide bonds. The molecule has 0 saturated carbocycles. The predicted molar refractivity (Wildman–Crippen MR) is 158 cm³/mol. The number of amides is 2. The van der Waals surface area contributed by atoms with Crippen LogP contribution in [-0.4, -0.2) is 30.8 Å². The maximum atomic E-state index is 13.3. The fourth-order valence-corrected chi connectivity index (χ4v) is 4.68. The Labute approximate surface area is 233 Å². The number of anilines is 2. The van der Waals surface area contributed by atoms with E-state index < -0.39 is 0 Å². The maximum Gasteiger partial charge on any atom is 0.258 e. The molecule has 0 radical (unpaired) electrons. The molecular formula is C33H29N5O2. The summed E-state index contributed by atoms with van der Waals surface area (Å²) in [7, 11) is 4.06. The number of benzene rings is 4. The van der Waals surface area contributed by atoms with Crippen LogP contribution in [0, 0.1) is 11.3 Å². The summed E-state index contributed by atoms with van der Waals surface area (Å²) in [6.07, 6.45) is 0. The van der Waals surface area contributed by atoms with Crippen LogP contribution in [0.15, 0.2) is 97.1 Å². The van der Waals surface area contributed by atoms with Gasteiger partial charge in [0, 0.05) is 35.6 Å². The zero-order valence-corrected chi connectivity index (χ0v) is 22.4. The van der Waals surface area contributed by atoms with Crippen LogP contribution in [0.1, 0.15) is 38.2 Å². The minimum absolute atomic E-state index is 0.239. The lowest BCUT2D eigenvalue weighted by Gasteiger charge is -2.16. The monoisotopic (exact) mass is 527 g/mol. The van der Waals surface area contributed by atoms with Crippen LogP contribution in [-0.2, 0) is 17.9 Å². The second-order valence-electron chi connectivity index (χ2n) is 9.89. The number of carbonyl (C=O) groups excluding carboxylic acids is 2. The Bertz CT molecular complexity index is 1630. The van der Waals surface area contributed by atoms with Crippen molar-refractivity contribution in [2.45, 2.75) is 13.1 Å². The molecule has 0 aromatic heterocycles. The summed E-state index contributed by atoms with van der Waals surface area (Å²) in [6.45, 7) is 1.11. The van der Waals surface area contributed by atoms with Gasteiger partial charge in [-0.05, 0) is 73.3 Å². The molecule has 0 atom stereocenters. The van der Waals surface area contributed by atoms with Gasteiger partial charge in [0.05, 0.1) is 22.9 Å². The molecule has 4 aromatic carbocycles. The highest BCUT2D eigenvalue weighted by Gasteiger charge is 2.29. The van der Waals surface area contributed by atoms with Crippen LogP contribution < -0.4 is 16.0 Å². The van der Waals surface area contributed by atoms with E-state index in [1.807, 2.05) is 62.6 Å². The first-order valence-electron chi connectivity index (χ1n) is 12.9. The normalized spacial score (nSPS) is 13.3. The van der Waals surface area contributed by atoms with Crippen LogP contribution in [0.4, 0.5) is 11.4 Å². The van der Waals surface area contributed by atoms with E-state index in [0.29, 0.717) is 33.6 Å². The van der Waals surface area contributed by atoms with E-state index in [1.54, 1.807) is 36.4 Å². The molecule has 3 N–H and O–H groups in total. The van der Waals surface area contributed by atoms with Crippen molar-refractivity contribution in [1.82, 2.24) is 10.2 Å². The highest BCUT2D eigenvalue weighted by Crippen LogP contribution is 2.38. The topological polar surface area (TPSA) is 97.3 Å². The predicted octanol–water partition coefficient (Wildman–Crippen LogP) is 5.48. The van der Waals surface area contributed by atoms with Crippen LogP contribution >= 0.6 is 0 Å². The van der Waals surface area contributed by atoms with Gasteiger partial charge in [-0.25, -0.2) is 0 Å². The molecule has 0 unspecified atom stereocenters. The van der Waals surface area contributed by atoms with Crippen LogP contribution in [0.5, 0.6) is 0 Å². The largest absolute Gasteiger partial charge is 0.354 e. The number of fused-ring (bicyclic) bond motifs is 1. The van der Waals surface area contributed by atoms with Gasteiger partial charge < -0.3 is 20.9 Å². The first-order chi connectivity index (χ1) is 19.4. The van der Waals surface area contributed by atoms with Gasteiger partial charge in [0.15, 0.2) is 0 Å². The van der Waals surface area contributed by atoms with Crippen LogP contribution in [0.2, 0.25) is 0 Å². The van der Waals surface area contributed by atoms with Crippen LogP contribution in [0.3, 0.4) is 0 Å². The maximum absolute atomic E-state index is 13.3. The highest BCUT2D eigenvalue weighted by molar-refractivity contribution is 6.37. The number of hydrogen-bond acceptors (Lipinski definition) is 5. The van der Waals surface area contributed by atoms with Crippen molar-refractivity contribution in [1.29, 1.82) is 5.26 Å². The lowest BCUT2D eigenvalue weighted by molar-refractivity contribution is -0.110. The Balaban J connectivity index is 1.48. The highest BCUT2D eigenvalue weighted by atomic mass is 16.2. The number of nitriles is 1. The van der Waals surface area contributed by atoms with Gasteiger partial charge in [0.1, 0.15) is 0 Å². The molecule has 1 aliphatic rings. The molecule has 0 fully saturated rings. The van der Waals surface area contributed by atoms with Crippen molar-refractivity contribution in [3.8, 4) is 6.07 Å². The van der Waals surface area contributed by atoms with Crippen molar-refractivity contribution >= 4 is 34.5 Å². The Morgan fingerprint density at radius 1 is 0.875 bits per heavy atom. The van der Waals surface area contributed by atoms with Gasteiger partial charge in [0.25, 0.3) is 11.8 Å². The average molecular weight is 528 g/mol. The third-order valence-electron chi connectivity index (χ3n) is 6.57. The van der Waals surface area contributed by atoms with Gasteiger partial charge in [-0.15, -0.1) is 0 Å². The average Bonchev–Trinajstić information content (AvgIpc) is 3.30. The molecule has 5 rings (SSSR count). The number of hydrogen-bond donors (Lipinski definition) is 3. The van der Waals surface area contributed by atoms with E-state index in [1.165, 1.54) is 5.56 Å². The molecule has 4 aromatic rings. The van der Waals surface area contributed by atoms with Crippen molar-refractivity contribution < 1.29 is 9.59 Å². The van der Waals surface area contributed by atoms with Gasteiger partial charge >= 0.3 is 0 Å². The van der Waals surface area contributed by atoms with Crippen molar-refractivity contribution in [2.24, 2.45) is 0 Å².